The van der Waals surface area contributed by atoms with E-state index in [2.05, 4.69) is 273 Å². The van der Waals surface area contributed by atoms with E-state index in [1.54, 1.807) is 12.1 Å². The summed E-state index contributed by atoms with van der Waals surface area (Å²) in [5.74, 6) is -0.657. The zero-order valence-corrected chi connectivity index (χ0v) is 47.4. The maximum Gasteiger partial charge on any atom is 0.148 e. The number of aryl methyl sites for hydroxylation is 4. The lowest BCUT2D eigenvalue weighted by atomic mass is 9.84. The number of benzene rings is 12. The Balaban J connectivity index is 1.17. The lowest BCUT2D eigenvalue weighted by Crippen LogP contribution is -2.21. The second kappa shape index (κ2) is 20.1. The molecule has 0 heterocycles. The number of hydrogen-bond donors (Lipinski definition) is 0. The van der Waals surface area contributed by atoms with Gasteiger partial charge < -0.3 is 9.80 Å². The minimum absolute atomic E-state index is 0.313. The molecule has 0 N–H and O–H groups in total. The van der Waals surface area contributed by atoms with Crippen LogP contribution in [0.4, 0.5) is 42.9 Å². The molecule has 0 aliphatic heterocycles. The van der Waals surface area contributed by atoms with Gasteiger partial charge in [-0.1, -0.05) is 234 Å². The Morgan fingerprint density at radius 3 is 1.00 bits per heavy atom. The molecule has 0 saturated carbocycles. The highest BCUT2D eigenvalue weighted by molar-refractivity contribution is 6.28. The summed E-state index contributed by atoms with van der Waals surface area (Å²) in [4.78, 5) is 4.37. The van der Waals surface area contributed by atoms with E-state index in [9.17, 15) is 0 Å². The van der Waals surface area contributed by atoms with Gasteiger partial charge in [0.2, 0.25) is 0 Å². The largest absolute Gasteiger partial charge is 0.306 e. The van der Waals surface area contributed by atoms with E-state index in [0.29, 0.717) is 11.4 Å². The molecule has 12 rings (SSSR count). The van der Waals surface area contributed by atoms with Gasteiger partial charge in [0.25, 0.3) is 0 Å². The third kappa shape index (κ3) is 9.37. The number of hydrogen-bond acceptors (Lipinski definition) is 2. The molecule has 0 unspecified atom stereocenters. The number of anilines is 6. The van der Waals surface area contributed by atoms with Gasteiger partial charge in [-0.3, -0.25) is 0 Å². The van der Waals surface area contributed by atoms with E-state index in [4.69, 9.17) is 0 Å². The predicted molar refractivity (Wildman–Crippen MR) is 338 cm³/mol. The highest BCUT2D eigenvalue weighted by Gasteiger charge is 2.32. The smallest absolute Gasteiger partial charge is 0.148 e. The van der Waals surface area contributed by atoms with Crippen LogP contribution in [0, 0.1) is 39.3 Å². The number of rotatable bonds is 10. The van der Waals surface area contributed by atoms with Crippen LogP contribution in [0.2, 0.25) is 0 Å². The van der Waals surface area contributed by atoms with Gasteiger partial charge >= 0.3 is 0 Å². The van der Waals surface area contributed by atoms with Crippen LogP contribution < -0.4 is 9.80 Å². The van der Waals surface area contributed by atoms with E-state index < -0.39 is 0 Å². The van der Waals surface area contributed by atoms with Crippen molar-refractivity contribution >= 4 is 66.4 Å². The molecule has 0 spiro atoms. The summed E-state index contributed by atoms with van der Waals surface area (Å²) < 4.78 is 36.8. The van der Waals surface area contributed by atoms with Crippen molar-refractivity contribution in [3.05, 3.63) is 263 Å². The van der Waals surface area contributed by atoms with Crippen molar-refractivity contribution in [2.24, 2.45) is 0 Å². The third-order valence-corrected chi connectivity index (χ3v) is 15.9. The van der Waals surface area contributed by atoms with E-state index >= 15 is 8.78 Å². The molecule has 4 heteroatoms. The first-order valence-corrected chi connectivity index (χ1v) is 27.9. The molecule has 0 aliphatic rings. The monoisotopic (exact) mass is 1040 g/mol. The summed E-state index contributed by atoms with van der Waals surface area (Å²) in [6, 6.07) is 75.6. The van der Waals surface area contributed by atoms with Crippen LogP contribution in [-0.4, -0.2) is 0 Å². The zero-order chi connectivity index (χ0) is 55.8. The van der Waals surface area contributed by atoms with E-state index in [0.717, 1.165) is 133 Å². The van der Waals surface area contributed by atoms with Crippen LogP contribution in [0.3, 0.4) is 0 Å². The number of para-hydroxylation sites is 2. The first-order chi connectivity index (χ1) is 38.4. The molecule has 0 aromatic heterocycles. The summed E-state index contributed by atoms with van der Waals surface area (Å²) >= 11 is 0. The molecule has 0 atom stereocenters. The first-order valence-electron chi connectivity index (χ1n) is 27.9. The minimum Gasteiger partial charge on any atom is -0.306 e. The lowest BCUT2D eigenvalue weighted by Gasteiger charge is -2.35. The fourth-order valence-electron chi connectivity index (χ4n) is 12.2. The highest BCUT2D eigenvalue weighted by atomic mass is 19.1. The van der Waals surface area contributed by atoms with Crippen LogP contribution in [0.15, 0.2) is 218 Å². The Labute approximate surface area is 470 Å². The fraction of sp³-hybridized carbons (Fsp3) is 0.158. The quantitative estimate of drug-likeness (QED) is 0.126. The molecule has 12 aromatic carbocycles. The second-order valence-electron chi connectivity index (χ2n) is 24.0. The average molecular weight is 1050 g/mol. The van der Waals surface area contributed by atoms with Gasteiger partial charge in [-0.25, -0.2) is 8.78 Å². The van der Waals surface area contributed by atoms with Gasteiger partial charge in [0, 0.05) is 21.9 Å². The lowest BCUT2D eigenvalue weighted by molar-refractivity contribution is 0.590. The molecule has 2 nitrogen and oxygen atoms in total. The number of halogens is 2. The SMILES string of the molecule is Cc1cccc(-c2cc(F)c(N(c3ccccc3C(C)(C)C)c3ccc4ccc5c(N(c6ccccc6C(C)(C)C)c6c(F)cc(-c7cccc(C)c7)cc6-c6cccc(C)c6)ccc6ccc3c4c65)c(-c3cccc(C)c3)c2)c1. The third-order valence-electron chi connectivity index (χ3n) is 15.9. The maximum atomic E-state index is 18.4. The summed E-state index contributed by atoms with van der Waals surface area (Å²) in [6.45, 7) is 21.7. The topological polar surface area (TPSA) is 6.48 Å². The standard InChI is InChI=1S/C76H66F2N2/c1-47-19-15-23-53(39-47)57-43-61(55-25-17-21-49(3)41-55)73(65(77)45-57)79(69-29-13-11-27-63(69)75(5,6)7)67-37-33-51-32-36-60-68(38-34-52-31-35-59(67)71(51)72(52)60)80(70-30-14-12-28-64(70)76(8,9)10)74-62(56-26-18-22-50(4)42-56)44-58(46-66(74)78)54-24-16-20-48(2)40-54/h11-46H,1-10H3. The average Bonchev–Trinajstić information content (AvgIpc) is 3.63. The van der Waals surface area contributed by atoms with Crippen molar-refractivity contribution in [2.45, 2.75) is 80.1 Å². The molecule has 394 valence electrons. The molecule has 0 aliphatic carbocycles. The van der Waals surface area contributed by atoms with Crippen molar-refractivity contribution in [1.82, 2.24) is 0 Å². The fourth-order valence-corrected chi connectivity index (χ4v) is 12.2. The minimum atomic E-state index is -0.329. The van der Waals surface area contributed by atoms with Crippen molar-refractivity contribution < 1.29 is 8.78 Å². The van der Waals surface area contributed by atoms with Gasteiger partial charge in [0.15, 0.2) is 0 Å². The van der Waals surface area contributed by atoms with Crippen LogP contribution in [0.1, 0.15) is 74.9 Å². The van der Waals surface area contributed by atoms with Crippen molar-refractivity contribution in [3.63, 3.8) is 0 Å². The van der Waals surface area contributed by atoms with Crippen molar-refractivity contribution in [1.29, 1.82) is 0 Å². The van der Waals surface area contributed by atoms with E-state index in [1.165, 1.54) is 0 Å². The van der Waals surface area contributed by atoms with E-state index in [-0.39, 0.29) is 22.5 Å². The van der Waals surface area contributed by atoms with Crippen molar-refractivity contribution in [2.75, 3.05) is 9.80 Å². The maximum absolute atomic E-state index is 18.4. The first kappa shape index (κ1) is 51.9. The van der Waals surface area contributed by atoms with Crippen LogP contribution in [0.25, 0.3) is 76.8 Å². The summed E-state index contributed by atoms with van der Waals surface area (Å²) in [7, 11) is 0. The van der Waals surface area contributed by atoms with Gasteiger partial charge in [0.1, 0.15) is 11.6 Å². The predicted octanol–water partition coefficient (Wildman–Crippen LogP) is 22.3. The molecular weight excluding hydrogens is 979 g/mol. The molecular formula is C76H66F2N2. The molecule has 0 saturated heterocycles. The second-order valence-corrected chi connectivity index (χ2v) is 24.0. The molecule has 0 fully saturated rings. The van der Waals surface area contributed by atoms with Crippen LogP contribution in [0.5, 0.6) is 0 Å². The molecule has 0 bridgehead atoms. The summed E-state index contributed by atoms with van der Waals surface area (Å²) in [6.07, 6.45) is 0. The highest BCUT2D eigenvalue weighted by Crippen LogP contribution is 2.54. The van der Waals surface area contributed by atoms with Crippen molar-refractivity contribution in [3.8, 4) is 44.5 Å². The normalized spacial score (nSPS) is 12.0. The van der Waals surface area contributed by atoms with Gasteiger partial charge in [0.05, 0.1) is 34.1 Å². The number of nitrogens with zero attached hydrogens (tertiary/aromatic N) is 2. The Hall–Kier alpha value is -8.86. The Morgan fingerprint density at radius 1 is 0.300 bits per heavy atom. The van der Waals surface area contributed by atoms with Crippen LogP contribution >= 0.6 is 0 Å². The Morgan fingerprint density at radius 2 is 0.637 bits per heavy atom. The molecule has 0 amide bonds. The van der Waals surface area contributed by atoms with Gasteiger partial charge in [-0.05, 0) is 153 Å². The van der Waals surface area contributed by atoms with E-state index in [1.807, 2.05) is 12.1 Å². The molecule has 80 heavy (non-hydrogen) atoms. The molecule has 0 radical (unpaired) electrons. The molecule has 12 aromatic rings. The van der Waals surface area contributed by atoms with Crippen LogP contribution in [-0.2, 0) is 10.8 Å². The zero-order valence-electron chi connectivity index (χ0n) is 47.4. The summed E-state index contributed by atoms with van der Waals surface area (Å²) in [5.41, 5.74) is 17.3. The Kier molecular flexibility index (Phi) is 13.0. The van der Waals surface area contributed by atoms with Gasteiger partial charge in [-0.2, -0.15) is 0 Å². The Bertz CT molecular complexity index is 4080. The van der Waals surface area contributed by atoms with Gasteiger partial charge in [-0.15, -0.1) is 0 Å². The summed E-state index contributed by atoms with van der Waals surface area (Å²) in [5, 5.41) is 6.12.